The van der Waals surface area contributed by atoms with E-state index in [4.69, 9.17) is 0 Å². The number of thiazole rings is 1. The number of carbonyl (C=O) groups excluding carboxylic acids is 1. The standard InChI is InChI=1S/C13H13N3O3S/c17-11(18)10(9-4-2-1-3-5-9)8-15-12(19)16-13-14-6-7-20-13/h1-7,10H,8H2,(H,17,18)(H2,14,15,16,19). The summed E-state index contributed by atoms with van der Waals surface area (Å²) in [5, 5.41) is 16.5. The van der Waals surface area contributed by atoms with Gasteiger partial charge in [0.25, 0.3) is 0 Å². The zero-order valence-corrected chi connectivity index (χ0v) is 11.3. The molecule has 3 N–H and O–H groups in total. The van der Waals surface area contributed by atoms with E-state index in [0.29, 0.717) is 10.7 Å². The Balaban J connectivity index is 1.93. The van der Waals surface area contributed by atoms with E-state index in [2.05, 4.69) is 15.6 Å². The predicted molar refractivity (Wildman–Crippen MR) is 76.0 cm³/mol. The number of amides is 2. The minimum absolute atomic E-state index is 0.0105. The molecule has 0 aliphatic rings. The topological polar surface area (TPSA) is 91.3 Å². The van der Waals surface area contributed by atoms with E-state index < -0.39 is 17.9 Å². The molecular formula is C13H13N3O3S. The van der Waals surface area contributed by atoms with Crippen LogP contribution in [0.1, 0.15) is 11.5 Å². The third-order valence-electron chi connectivity index (χ3n) is 2.62. The van der Waals surface area contributed by atoms with Gasteiger partial charge in [-0.15, -0.1) is 11.3 Å². The first-order chi connectivity index (χ1) is 9.66. The van der Waals surface area contributed by atoms with E-state index in [0.717, 1.165) is 0 Å². The minimum Gasteiger partial charge on any atom is -0.481 e. The molecule has 104 valence electrons. The van der Waals surface area contributed by atoms with Crippen molar-refractivity contribution in [3.63, 3.8) is 0 Å². The molecular weight excluding hydrogens is 278 g/mol. The highest BCUT2D eigenvalue weighted by Gasteiger charge is 2.20. The molecule has 0 bridgehead atoms. The number of nitrogens with zero attached hydrogens (tertiary/aromatic N) is 1. The van der Waals surface area contributed by atoms with Crippen LogP contribution in [0.4, 0.5) is 9.93 Å². The van der Waals surface area contributed by atoms with Gasteiger partial charge in [0.05, 0.1) is 5.92 Å². The molecule has 6 nitrogen and oxygen atoms in total. The summed E-state index contributed by atoms with van der Waals surface area (Å²) in [5.74, 6) is -1.76. The van der Waals surface area contributed by atoms with Crippen LogP contribution in [0.5, 0.6) is 0 Å². The average Bonchev–Trinajstić information content (AvgIpc) is 2.92. The fraction of sp³-hybridized carbons (Fsp3) is 0.154. The molecule has 1 aromatic carbocycles. The van der Waals surface area contributed by atoms with Gasteiger partial charge in [0.2, 0.25) is 0 Å². The van der Waals surface area contributed by atoms with Crippen LogP contribution in [-0.2, 0) is 4.79 Å². The monoisotopic (exact) mass is 291 g/mol. The molecule has 0 radical (unpaired) electrons. The molecule has 2 rings (SSSR count). The second-order valence-electron chi connectivity index (χ2n) is 3.97. The molecule has 1 heterocycles. The van der Waals surface area contributed by atoms with Crippen molar-refractivity contribution in [2.75, 3.05) is 11.9 Å². The third-order valence-corrected chi connectivity index (χ3v) is 3.31. The molecule has 0 saturated carbocycles. The van der Waals surface area contributed by atoms with Crippen LogP contribution >= 0.6 is 11.3 Å². The van der Waals surface area contributed by atoms with Crippen molar-refractivity contribution in [2.45, 2.75) is 5.92 Å². The summed E-state index contributed by atoms with van der Waals surface area (Å²) >= 11 is 1.29. The maximum Gasteiger partial charge on any atom is 0.321 e. The second kappa shape index (κ2) is 6.67. The van der Waals surface area contributed by atoms with Gasteiger partial charge >= 0.3 is 12.0 Å². The molecule has 0 fully saturated rings. The van der Waals surface area contributed by atoms with Gasteiger partial charge in [0, 0.05) is 18.1 Å². The summed E-state index contributed by atoms with van der Waals surface area (Å²) in [4.78, 5) is 26.8. The molecule has 7 heteroatoms. The number of benzene rings is 1. The van der Waals surface area contributed by atoms with Crippen LogP contribution in [0.3, 0.4) is 0 Å². The Morgan fingerprint density at radius 3 is 2.65 bits per heavy atom. The van der Waals surface area contributed by atoms with Crippen molar-refractivity contribution in [1.29, 1.82) is 0 Å². The predicted octanol–water partition coefficient (Wildman–Crippen LogP) is 2.13. The summed E-state index contributed by atoms with van der Waals surface area (Å²) in [6.45, 7) is 0.0105. The Bertz CT molecular complexity index is 572. The number of aromatic nitrogens is 1. The number of rotatable bonds is 5. The molecule has 1 atom stereocenters. The van der Waals surface area contributed by atoms with E-state index in [1.165, 1.54) is 11.3 Å². The number of carboxylic acid groups (broad SMARTS) is 1. The van der Waals surface area contributed by atoms with Gasteiger partial charge in [-0.2, -0.15) is 0 Å². The SMILES string of the molecule is O=C(NCC(C(=O)O)c1ccccc1)Nc1nccs1. The number of aliphatic carboxylic acids is 1. The van der Waals surface area contributed by atoms with Crippen molar-refractivity contribution in [1.82, 2.24) is 10.3 Å². The third kappa shape index (κ3) is 3.79. The van der Waals surface area contributed by atoms with Crippen LogP contribution in [0.2, 0.25) is 0 Å². The Hall–Kier alpha value is -2.41. The smallest absolute Gasteiger partial charge is 0.321 e. The molecule has 0 spiro atoms. The first-order valence-corrected chi connectivity index (χ1v) is 6.77. The number of nitrogens with one attached hydrogen (secondary N) is 2. The second-order valence-corrected chi connectivity index (χ2v) is 4.87. The summed E-state index contributed by atoms with van der Waals surface area (Å²) in [5.41, 5.74) is 0.648. The number of hydrogen-bond acceptors (Lipinski definition) is 4. The molecule has 0 aliphatic heterocycles. The molecule has 1 aromatic heterocycles. The first kappa shape index (κ1) is 14.0. The van der Waals surface area contributed by atoms with Gasteiger partial charge in [-0.05, 0) is 5.56 Å². The van der Waals surface area contributed by atoms with E-state index in [-0.39, 0.29) is 6.54 Å². The van der Waals surface area contributed by atoms with Gasteiger partial charge in [-0.25, -0.2) is 9.78 Å². The molecule has 20 heavy (non-hydrogen) atoms. The van der Waals surface area contributed by atoms with Crippen molar-refractivity contribution in [3.8, 4) is 0 Å². The molecule has 1 unspecified atom stereocenters. The number of urea groups is 1. The highest BCUT2D eigenvalue weighted by atomic mass is 32.1. The normalized spacial score (nSPS) is 11.6. The summed E-state index contributed by atoms with van der Waals surface area (Å²) in [6.07, 6.45) is 1.57. The fourth-order valence-electron chi connectivity index (χ4n) is 1.65. The Kier molecular flexibility index (Phi) is 4.67. The summed E-state index contributed by atoms with van der Waals surface area (Å²) < 4.78 is 0. The van der Waals surface area contributed by atoms with Crippen LogP contribution in [0, 0.1) is 0 Å². The van der Waals surface area contributed by atoms with Gasteiger partial charge in [0.15, 0.2) is 5.13 Å². The van der Waals surface area contributed by atoms with Crippen molar-refractivity contribution in [3.05, 3.63) is 47.5 Å². The largest absolute Gasteiger partial charge is 0.481 e. The quantitative estimate of drug-likeness (QED) is 0.787. The van der Waals surface area contributed by atoms with Crippen molar-refractivity contribution in [2.24, 2.45) is 0 Å². The Morgan fingerprint density at radius 2 is 2.05 bits per heavy atom. The molecule has 0 saturated heterocycles. The highest BCUT2D eigenvalue weighted by Crippen LogP contribution is 2.15. The number of carboxylic acids is 1. The Morgan fingerprint density at radius 1 is 1.30 bits per heavy atom. The van der Waals surface area contributed by atoms with Crippen molar-refractivity contribution < 1.29 is 14.7 Å². The van der Waals surface area contributed by atoms with Crippen LogP contribution in [-0.4, -0.2) is 28.6 Å². The van der Waals surface area contributed by atoms with Gasteiger partial charge < -0.3 is 10.4 Å². The van der Waals surface area contributed by atoms with Gasteiger partial charge in [-0.1, -0.05) is 30.3 Å². The maximum atomic E-state index is 11.6. The average molecular weight is 291 g/mol. The number of carbonyl (C=O) groups is 2. The fourth-order valence-corrected chi connectivity index (χ4v) is 2.18. The van der Waals surface area contributed by atoms with Crippen LogP contribution < -0.4 is 10.6 Å². The van der Waals surface area contributed by atoms with Crippen LogP contribution in [0.25, 0.3) is 0 Å². The van der Waals surface area contributed by atoms with E-state index in [9.17, 15) is 14.7 Å². The van der Waals surface area contributed by atoms with E-state index in [1.807, 2.05) is 6.07 Å². The molecule has 2 aromatic rings. The number of anilines is 1. The van der Waals surface area contributed by atoms with Gasteiger partial charge in [-0.3, -0.25) is 10.1 Å². The molecule has 2 amide bonds. The summed E-state index contributed by atoms with van der Waals surface area (Å²) in [7, 11) is 0. The van der Waals surface area contributed by atoms with E-state index >= 15 is 0 Å². The highest BCUT2D eigenvalue weighted by molar-refractivity contribution is 7.13. The zero-order valence-electron chi connectivity index (χ0n) is 10.4. The first-order valence-electron chi connectivity index (χ1n) is 5.89. The zero-order chi connectivity index (χ0) is 14.4. The lowest BCUT2D eigenvalue weighted by Gasteiger charge is -2.13. The van der Waals surface area contributed by atoms with Crippen molar-refractivity contribution >= 4 is 28.5 Å². The van der Waals surface area contributed by atoms with Crippen LogP contribution in [0.15, 0.2) is 41.9 Å². The maximum absolute atomic E-state index is 11.6. The number of hydrogen-bond donors (Lipinski definition) is 3. The summed E-state index contributed by atoms with van der Waals surface area (Å²) in [6, 6.07) is 8.31. The Labute approximate surface area is 119 Å². The lowest BCUT2D eigenvalue weighted by molar-refractivity contribution is -0.138. The van der Waals surface area contributed by atoms with Gasteiger partial charge in [0.1, 0.15) is 0 Å². The lowest BCUT2D eigenvalue weighted by atomic mass is 9.99. The lowest BCUT2D eigenvalue weighted by Crippen LogP contribution is -2.34. The minimum atomic E-state index is -0.981. The molecule has 0 aliphatic carbocycles. The van der Waals surface area contributed by atoms with E-state index in [1.54, 1.807) is 35.8 Å².